The Balaban J connectivity index is 1.63. The van der Waals surface area contributed by atoms with Crippen molar-refractivity contribution in [3.05, 3.63) is 72.5 Å². The minimum atomic E-state index is -0.560. The maximum absolute atomic E-state index is 13.2. The molecule has 0 spiro atoms. The van der Waals surface area contributed by atoms with Crippen LogP contribution in [0.2, 0.25) is 0 Å². The SMILES string of the molecule is NNC(=S)Nc1cccc(N2I=Nc3cc(-c4ccc(F)cc4)ccc32)c1. The average Bonchev–Trinajstić information content (AvgIpc) is 3.12. The van der Waals surface area contributed by atoms with Gasteiger partial charge in [-0.15, -0.1) is 0 Å². The van der Waals surface area contributed by atoms with E-state index in [4.69, 9.17) is 21.2 Å². The first kappa shape index (κ1) is 18.0. The number of nitrogens with zero attached hydrogens (tertiary/aromatic N) is 2. The fraction of sp³-hybridized carbons (Fsp3) is 0. The highest BCUT2D eigenvalue weighted by atomic mass is 127. The van der Waals surface area contributed by atoms with Gasteiger partial charge in [0.25, 0.3) is 0 Å². The van der Waals surface area contributed by atoms with Crippen molar-refractivity contribution < 1.29 is 4.39 Å². The van der Waals surface area contributed by atoms with Crippen molar-refractivity contribution in [1.29, 1.82) is 0 Å². The zero-order valence-electron chi connectivity index (χ0n) is 14.0. The summed E-state index contributed by atoms with van der Waals surface area (Å²) in [6.45, 7) is 0. The van der Waals surface area contributed by atoms with E-state index in [9.17, 15) is 4.39 Å². The predicted molar refractivity (Wildman–Crippen MR) is 120 cm³/mol. The Bertz CT molecular complexity index is 1040. The van der Waals surface area contributed by atoms with Gasteiger partial charge in [-0.25, -0.2) is 13.4 Å². The monoisotopic (exact) mass is 491 g/mol. The zero-order valence-corrected chi connectivity index (χ0v) is 17.0. The van der Waals surface area contributed by atoms with E-state index in [-0.39, 0.29) is 5.82 Å². The van der Waals surface area contributed by atoms with E-state index in [1.807, 2.05) is 30.3 Å². The molecule has 8 heteroatoms. The number of hydrazine groups is 1. The van der Waals surface area contributed by atoms with Gasteiger partial charge in [0.05, 0.1) is 17.1 Å². The second-order valence-electron chi connectivity index (χ2n) is 5.80. The zero-order chi connectivity index (χ0) is 18.8. The van der Waals surface area contributed by atoms with Gasteiger partial charge in [0.1, 0.15) is 27.1 Å². The molecule has 0 fully saturated rings. The fourth-order valence-electron chi connectivity index (χ4n) is 2.75. The molecule has 0 saturated heterocycles. The van der Waals surface area contributed by atoms with Crippen LogP contribution in [0.4, 0.5) is 27.1 Å². The van der Waals surface area contributed by atoms with Crippen molar-refractivity contribution in [3.8, 4) is 11.1 Å². The third-order valence-corrected chi connectivity index (χ3v) is 6.49. The molecule has 0 atom stereocenters. The van der Waals surface area contributed by atoms with Gasteiger partial charge in [0, 0.05) is 5.69 Å². The summed E-state index contributed by atoms with van der Waals surface area (Å²) in [5.41, 5.74) is 8.35. The number of halogens is 2. The molecule has 0 radical (unpaired) electrons. The highest BCUT2D eigenvalue weighted by Gasteiger charge is 2.19. The third kappa shape index (κ3) is 3.82. The average molecular weight is 491 g/mol. The molecule has 3 aromatic rings. The van der Waals surface area contributed by atoms with Crippen LogP contribution < -0.4 is 19.7 Å². The molecule has 1 aliphatic rings. The molecule has 27 heavy (non-hydrogen) atoms. The van der Waals surface area contributed by atoms with Crippen LogP contribution >= 0.6 is 33.5 Å². The van der Waals surface area contributed by atoms with Crippen LogP contribution in [0.15, 0.2) is 69.9 Å². The van der Waals surface area contributed by atoms with Crippen molar-refractivity contribution in [2.24, 2.45) is 8.99 Å². The van der Waals surface area contributed by atoms with E-state index in [1.54, 1.807) is 12.1 Å². The predicted octanol–water partition coefficient (Wildman–Crippen LogP) is 5.51. The minimum absolute atomic E-state index is 0.237. The summed E-state index contributed by atoms with van der Waals surface area (Å²) in [6, 6.07) is 20.6. The molecule has 4 N–H and O–H groups in total. The first-order valence-electron chi connectivity index (χ1n) is 8.07. The molecule has 0 saturated carbocycles. The largest absolute Gasteiger partial charge is 0.332 e. The molecule has 3 aromatic carbocycles. The van der Waals surface area contributed by atoms with Gasteiger partial charge in [-0.2, -0.15) is 0 Å². The Morgan fingerprint density at radius 2 is 1.81 bits per heavy atom. The first-order valence-corrected chi connectivity index (χ1v) is 10.4. The van der Waals surface area contributed by atoms with Crippen LogP contribution in [-0.2, 0) is 0 Å². The molecule has 0 unspecified atom stereocenters. The number of nitrogens with two attached hydrogens (primary N) is 1. The Hall–Kier alpha value is -2.43. The van der Waals surface area contributed by atoms with Gasteiger partial charge in [-0.3, -0.25) is 3.11 Å². The van der Waals surface area contributed by atoms with Crippen LogP contribution in [0.1, 0.15) is 0 Å². The van der Waals surface area contributed by atoms with Gasteiger partial charge < -0.3 is 10.7 Å². The lowest BCUT2D eigenvalue weighted by Gasteiger charge is -2.17. The van der Waals surface area contributed by atoms with Gasteiger partial charge in [-0.05, 0) is 65.8 Å². The quantitative estimate of drug-likeness (QED) is 0.148. The number of thiocarbonyl (C=S) groups is 1. The van der Waals surface area contributed by atoms with Gasteiger partial charge in [0.2, 0.25) is 0 Å². The first-order chi connectivity index (χ1) is 13.1. The number of benzene rings is 3. The molecule has 0 aliphatic carbocycles. The number of hydrogen-bond acceptors (Lipinski definition) is 4. The number of hydrogen-bond donors (Lipinski definition) is 3. The summed E-state index contributed by atoms with van der Waals surface area (Å²) < 4.78 is 20.1. The second kappa shape index (κ2) is 7.67. The molecule has 0 bridgehead atoms. The van der Waals surface area contributed by atoms with Crippen LogP contribution in [0.3, 0.4) is 0 Å². The summed E-state index contributed by atoms with van der Waals surface area (Å²) in [7, 11) is 0. The van der Waals surface area contributed by atoms with Crippen molar-refractivity contribution in [3.63, 3.8) is 0 Å². The Labute approximate surface area is 171 Å². The summed E-state index contributed by atoms with van der Waals surface area (Å²) in [5.74, 6) is 5.08. The highest BCUT2D eigenvalue weighted by Crippen LogP contribution is 2.48. The number of nitrogens with one attached hydrogen (secondary N) is 2. The lowest BCUT2D eigenvalue weighted by atomic mass is 10.0. The lowest BCUT2D eigenvalue weighted by Crippen LogP contribution is -2.34. The number of rotatable bonds is 3. The van der Waals surface area contributed by atoms with E-state index in [0.29, 0.717) is 5.11 Å². The summed E-state index contributed by atoms with van der Waals surface area (Å²) in [4.78, 5) is 0. The maximum Gasteiger partial charge on any atom is 0.185 e. The molecule has 1 aliphatic heterocycles. The Kier molecular flexibility index (Phi) is 5.10. The van der Waals surface area contributed by atoms with E-state index in [2.05, 4.69) is 26.0 Å². The molecule has 0 amide bonds. The second-order valence-corrected chi connectivity index (χ2v) is 8.09. The molecule has 5 nitrogen and oxygen atoms in total. The third-order valence-electron chi connectivity index (χ3n) is 4.03. The summed E-state index contributed by atoms with van der Waals surface area (Å²) >= 11 is 4.49. The van der Waals surface area contributed by atoms with Crippen LogP contribution in [-0.4, -0.2) is 5.11 Å². The van der Waals surface area contributed by atoms with Gasteiger partial charge in [0.15, 0.2) is 5.11 Å². The number of fused-ring (bicyclic) bond motifs is 1. The molecular weight excluding hydrogens is 476 g/mol. The summed E-state index contributed by atoms with van der Waals surface area (Å²) in [6.07, 6.45) is 0. The van der Waals surface area contributed by atoms with Crippen molar-refractivity contribution in [2.45, 2.75) is 0 Å². The standard InChI is InChI=1S/C19H15FIN5S/c20-14-7-4-12(5-8-14)13-6-9-18-17(10-13)24-21-26(18)16-3-1-2-15(11-16)23-19(27)25-22/h1-11H,22H2,(H2,23,25,27). The number of anilines is 3. The van der Waals surface area contributed by atoms with E-state index >= 15 is 0 Å². The molecular formula is C19H15FIN5S. The molecule has 4 rings (SSSR count). The van der Waals surface area contributed by atoms with Gasteiger partial charge >= 0.3 is 0 Å². The Morgan fingerprint density at radius 3 is 2.59 bits per heavy atom. The molecule has 1 heterocycles. The molecule has 0 aromatic heterocycles. The van der Waals surface area contributed by atoms with Crippen molar-refractivity contribution in [2.75, 3.05) is 8.43 Å². The smallest absolute Gasteiger partial charge is 0.185 e. The van der Waals surface area contributed by atoms with E-state index < -0.39 is 21.3 Å². The van der Waals surface area contributed by atoms with Crippen LogP contribution in [0, 0.1) is 5.82 Å². The molecule has 136 valence electrons. The fourth-order valence-corrected chi connectivity index (χ4v) is 4.90. The van der Waals surface area contributed by atoms with E-state index in [0.717, 1.165) is 33.9 Å². The normalized spacial score (nSPS) is 12.3. The van der Waals surface area contributed by atoms with Crippen molar-refractivity contribution in [1.82, 2.24) is 5.43 Å². The topological polar surface area (TPSA) is 65.7 Å². The van der Waals surface area contributed by atoms with Crippen molar-refractivity contribution >= 4 is 61.4 Å². The van der Waals surface area contributed by atoms with Crippen LogP contribution in [0.5, 0.6) is 0 Å². The summed E-state index contributed by atoms with van der Waals surface area (Å²) in [5, 5.41) is 3.39. The van der Waals surface area contributed by atoms with Crippen LogP contribution in [0.25, 0.3) is 11.1 Å². The Morgan fingerprint density at radius 1 is 1.04 bits per heavy atom. The lowest BCUT2D eigenvalue weighted by molar-refractivity contribution is 0.628. The maximum atomic E-state index is 13.2. The van der Waals surface area contributed by atoms with Gasteiger partial charge in [-0.1, -0.05) is 24.3 Å². The van der Waals surface area contributed by atoms with E-state index in [1.165, 1.54) is 12.1 Å². The minimum Gasteiger partial charge on any atom is -0.332 e. The highest BCUT2D eigenvalue weighted by molar-refractivity contribution is 14.2.